The van der Waals surface area contributed by atoms with Gasteiger partial charge in [0.05, 0.1) is 23.7 Å². The maximum Gasteiger partial charge on any atom is 0.504 e. The molecule has 0 saturated heterocycles. The number of aryl methyl sites for hydroxylation is 1. The Balaban J connectivity index is 1.69. The first kappa shape index (κ1) is 24.0. The molecule has 1 saturated carbocycles. The monoisotopic (exact) mass is 521 g/mol. The molecule has 11 heteroatoms. The van der Waals surface area contributed by atoms with Crippen molar-refractivity contribution in [3.05, 3.63) is 94.0 Å². The molecule has 0 unspecified atom stereocenters. The van der Waals surface area contributed by atoms with E-state index in [-0.39, 0.29) is 38.6 Å². The Morgan fingerprint density at radius 1 is 1.00 bits per heavy atom. The Labute approximate surface area is 213 Å². The van der Waals surface area contributed by atoms with E-state index in [2.05, 4.69) is 5.10 Å². The molecule has 8 nitrogen and oxygen atoms in total. The van der Waals surface area contributed by atoms with Crippen LogP contribution in [0.5, 0.6) is 0 Å². The van der Waals surface area contributed by atoms with Gasteiger partial charge in [0.25, 0.3) is 11.1 Å². The van der Waals surface area contributed by atoms with Crippen molar-refractivity contribution in [2.45, 2.75) is 31.3 Å². The van der Waals surface area contributed by atoms with Gasteiger partial charge >= 0.3 is 6.30 Å². The van der Waals surface area contributed by atoms with Gasteiger partial charge in [0.15, 0.2) is 0 Å². The third-order valence-electron chi connectivity index (χ3n) is 7.04. The van der Waals surface area contributed by atoms with Crippen molar-refractivity contribution in [3.63, 3.8) is 0 Å². The zero-order chi connectivity index (χ0) is 26.8. The van der Waals surface area contributed by atoms with Gasteiger partial charge in [-0.05, 0) is 30.5 Å². The number of aliphatic hydroxyl groups excluding tert-OH is 1. The predicted molar refractivity (Wildman–Crippen MR) is 135 cm³/mol. The highest BCUT2D eigenvalue weighted by Crippen LogP contribution is 2.37. The fraction of sp³-hybridized carbons (Fsp3) is 0.222. The topological polar surface area (TPSA) is 87.0 Å². The van der Waals surface area contributed by atoms with Crippen LogP contribution < -0.4 is 11.1 Å². The third kappa shape index (κ3) is 3.86. The lowest BCUT2D eigenvalue weighted by Gasteiger charge is -2.33. The average molecular weight is 521 g/mol. The Morgan fingerprint density at radius 3 is 2.39 bits per heavy atom. The summed E-state index contributed by atoms with van der Waals surface area (Å²) < 4.78 is 44.5. The molecule has 0 radical (unpaired) electrons. The van der Waals surface area contributed by atoms with E-state index in [4.69, 9.17) is 0 Å². The van der Waals surface area contributed by atoms with E-state index in [1.54, 1.807) is 40.7 Å². The van der Waals surface area contributed by atoms with Crippen molar-refractivity contribution in [2.75, 3.05) is 0 Å². The van der Waals surface area contributed by atoms with Crippen molar-refractivity contribution in [2.24, 2.45) is 7.05 Å². The van der Waals surface area contributed by atoms with Gasteiger partial charge in [-0.25, -0.2) is 0 Å². The third-order valence-corrected chi connectivity index (χ3v) is 7.04. The summed E-state index contributed by atoms with van der Waals surface area (Å²) in [4.78, 5) is 26.7. The van der Waals surface area contributed by atoms with E-state index >= 15 is 0 Å². The molecular formula is C27H22F3N5O3. The lowest BCUT2D eigenvalue weighted by Crippen LogP contribution is -2.36. The summed E-state index contributed by atoms with van der Waals surface area (Å²) in [6.07, 6.45) is 0.927. The van der Waals surface area contributed by atoms with Crippen molar-refractivity contribution < 1.29 is 18.3 Å². The van der Waals surface area contributed by atoms with E-state index in [9.17, 15) is 27.9 Å². The summed E-state index contributed by atoms with van der Waals surface area (Å²) in [6.45, 7) is 0. The lowest BCUT2D eigenvalue weighted by atomic mass is 9.89. The second-order valence-electron chi connectivity index (χ2n) is 9.51. The second kappa shape index (κ2) is 8.59. The fourth-order valence-corrected chi connectivity index (χ4v) is 4.99. The molecule has 0 bridgehead atoms. The number of hydrogen-bond acceptors (Lipinski definition) is 4. The zero-order valence-corrected chi connectivity index (χ0v) is 20.1. The van der Waals surface area contributed by atoms with Crippen LogP contribution >= 0.6 is 0 Å². The number of rotatable bonds is 4. The standard InChI is InChI=1S/C27H22F3N5O3/c1-32-8-7-17-9-22(18-13-31-34(14-18)27(28,29)30)35(25(17)26(32)38)23-12-24(37)33(19-10-20(36)11-19)15-21(23)16-5-3-2-4-6-16/h2-9,12-15,19-20,36H,10-11H2,1H3. The van der Waals surface area contributed by atoms with E-state index in [0.29, 0.717) is 29.5 Å². The highest BCUT2D eigenvalue weighted by atomic mass is 19.4. The number of pyridine rings is 2. The molecule has 1 aliphatic rings. The summed E-state index contributed by atoms with van der Waals surface area (Å²) >= 11 is 0. The fourth-order valence-electron chi connectivity index (χ4n) is 4.99. The van der Waals surface area contributed by atoms with Gasteiger partial charge in [0.2, 0.25) is 0 Å². The minimum absolute atomic E-state index is 0.0968. The largest absolute Gasteiger partial charge is 0.504 e. The number of hydrogen-bond donors (Lipinski definition) is 1. The van der Waals surface area contributed by atoms with Gasteiger partial charge in [0, 0.05) is 54.3 Å². The number of aliphatic hydroxyl groups is 1. The molecule has 1 fully saturated rings. The van der Waals surface area contributed by atoms with E-state index in [1.807, 2.05) is 30.3 Å². The number of fused-ring (bicyclic) bond motifs is 1. The minimum atomic E-state index is -4.71. The quantitative estimate of drug-likeness (QED) is 0.384. The molecule has 1 aliphatic carbocycles. The first-order valence-electron chi connectivity index (χ1n) is 11.9. The minimum Gasteiger partial charge on any atom is -0.393 e. The maximum atomic E-state index is 13.4. The molecule has 6 rings (SSSR count). The number of alkyl halides is 3. The molecule has 38 heavy (non-hydrogen) atoms. The molecule has 0 amide bonds. The molecule has 0 spiro atoms. The van der Waals surface area contributed by atoms with Crippen LogP contribution in [0.3, 0.4) is 0 Å². The van der Waals surface area contributed by atoms with E-state index in [0.717, 1.165) is 18.0 Å². The normalized spacial score (nSPS) is 17.6. The van der Waals surface area contributed by atoms with Crippen molar-refractivity contribution in [3.8, 4) is 28.1 Å². The smallest absolute Gasteiger partial charge is 0.393 e. The Kier molecular flexibility index (Phi) is 5.42. The molecule has 1 aromatic carbocycles. The molecule has 0 atom stereocenters. The summed E-state index contributed by atoms with van der Waals surface area (Å²) in [7, 11) is 1.58. The Morgan fingerprint density at radius 2 is 1.74 bits per heavy atom. The number of halogens is 3. The first-order valence-corrected chi connectivity index (χ1v) is 11.9. The predicted octanol–water partition coefficient (Wildman–Crippen LogP) is 4.19. The number of nitrogens with zero attached hydrogens (tertiary/aromatic N) is 5. The molecule has 5 aromatic rings. The van der Waals surface area contributed by atoms with Crippen LogP contribution in [0.1, 0.15) is 18.9 Å². The maximum absolute atomic E-state index is 13.4. The zero-order valence-electron chi connectivity index (χ0n) is 20.1. The summed E-state index contributed by atoms with van der Waals surface area (Å²) in [5, 5.41) is 13.8. The molecule has 4 heterocycles. The van der Waals surface area contributed by atoms with Gasteiger partial charge in [-0.1, -0.05) is 30.3 Å². The average Bonchev–Trinajstić information content (AvgIpc) is 3.51. The first-order chi connectivity index (χ1) is 18.1. The van der Waals surface area contributed by atoms with Crippen molar-refractivity contribution in [1.29, 1.82) is 0 Å². The highest BCUT2D eigenvalue weighted by Gasteiger charge is 2.33. The van der Waals surface area contributed by atoms with Crippen LogP contribution in [0.25, 0.3) is 39.0 Å². The SMILES string of the molecule is Cn1ccc2cc(-c3cnn(C(F)(F)F)c3)n(-c3cc(=O)n(C4CC(O)C4)cc3-c3ccccc3)c2c1=O. The molecule has 194 valence electrons. The molecule has 0 aliphatic heterocycles. The van der Waals surface area contributed by atoms with Crippen LogP contribution in [0.15, 0.2) is 82.9 Å². The van der Waals surface area contributed by atoms with Crippen LogP contribution in [-0.4, -0.2) is 34.7 Å². The molecule has 1 N–H and O–H groups in total. The van der Waals surface area contributed by atoms with Crippen LogP contribution in [0.2, 0.25) is 0 Å². The number of aromatic nitrogens is 5. The van der Waals surface area contributed by atoms with E-state index < -0.39 is 12.4 Å². The van der Waals surface area contributed by atoms with Gasteiger partial charge in [-0.2, -0.15) is 9.78 Å². The number of benzene rings is 1. The summed E-state index contributed by atoms with van der Waals surface area (Å²) in [5.74, 6) is 0. The van der Waals surface area contributed by atoms with Gasteiger partial charge in [0.1, 0.15) is 5.52 Å². The van der Waals surface area contributed by atoms with Crippen molar-refractivity contribution >= 4 is 10.9 Å². The lowest BCUT2D eigenvalue weighted by molar-refractivity contribution is -0.212. The molecular weight excluding hydrogens is 499 g/mol. The Hall–Kier alpha value is -4.38. The highest BCUT2D eigenvalue weighted by molar-refractivity contribution is 5.90. The summed E-state index contributed by atoms with van der Waals surface area (Å²) in [6, 6.07) is 13.8. The van der Waals surface area contributed by atoms with Gasteiger partial charge < -0.3 is 18.8 Å². The van der Waals surface area contributed by atoms with Crippen LogP contribution in [-0.2, 0) is 13.3 Å². The molecule has 4 aromatic heterocycles. The summed E-state index contributed by atoms with van der Waals surface area (Å²) in [5.41, 5.74) is 1.63. The second-order valence-corrected chi connectivity index (χ2v) is 9.51. The Bertz CT molecular complexity index is 1790. The van der Waals surface area contributed by atoms with Crippen LogP contribution in [0, 0.1) is 0 Å². The van der Waals surface area contributed by atoms with Crippen molar-refractivity contribution in [1.82, 2.24) is 23.5 Å². The van der Waals surface area contributed by atoms with E-state index in [1.165, 1.54) is 10.6 Å². The van der Waals surface area contributed by atoms with Crippen LogP contribution in [0.4, 0.5) is 13.2 Å². The van der Waals surface area contributed by atoms with Gasteiger partial charge in [-0.15, -0.1) is 13.2 Å². The van der Waals surface area contributed by atoms with Gasteiger partial charge in [-0.3, -0.25) is 9.59 Å².